The van der Waals surface area contributed by atoms with Gasteiger partial charge in [0.15, 0.2) is 5.17 Å². The molecule has 1 fully saturated rings. The second-order valence-corrected chi connectivity index (χ2v) is 7.02. The third-order valence-electron chi connectivity index (χ3n) is 3.57. The van der Waals surface area contributed by atoms with Crippen molar-refractivity contribution < 1.29 is 13.9 Å². The number of halogens is 2. The van der Waals surface area contributed by atoms with Gasteiger partial charge >= 0.3 is 0 Å². The normalized spacial score (nSPS) is 26.8. The highest BCUT2D eigenvalue weighted by Crippen LogP contribution is 2.33. The molecule has 1 aromatic rings. The summed E-state index contributed by atoms with van der Waals surface area (Å²) in [5.74, 6) is -0.823. The van der Waals surface area contributed by atoms with E-state index in [0.717, 1.165) is 0 Å². The Morgan fingerprint density at radius 1 is 1.39 bits per heavy atom. The molecular weight excluding hydrogens is 339 g/mol. The van der Waals surface area contributed by atoms with E-state index in [0.29, 0.717) is 23.2 Å². The van der Waals surface area contributed by atoms with Crippen LogP contribution in [0.4, 0.5) is 4.39 Å². The van der Waals surface area contributed by atoms with Crippen molar-refractivity contribution in [2.45, 2.75) is 26.1 Å². The van der Waals surface area contributed by atoms with Crippen LogP contribution < -0.4 is 0 Å². The molecule has 2 heterocycles. The summed E-state index contributed by atoms with van der Waals surface area (Å²) in [5, 5.41) is 0.906. The molecule has 2 aliphatic rings. The summed E-state index contributed by atoms with van der Waals surface area (Å²) in [4.78, 5) is 18.6. The van der Waals surface area contributed by atoms with E-state index in [2.05, 4.69) is 4.99 Å². The molecule has 0 spiro atoms. The van der Waals surface area contributed by atoms with E-state index in [4.69, 9.17) is 16.3 Å². The first-order valence-corrected chi connectivity index (χ1v) is 8.50. The van der Waals surface area contributed by atoms with Crippen molar-refractivity contribution in [3.8, 4) is 0 Å². The largest absolute Gasteiger partial charge is 0.372 e. The van der Waals surface area contributed by atoms with Crippen molar-refractivity contribution in [2.24, 2.45) is 4.99 Å². The van der Waals surface area contributed by atoms with Gasteiger partial charge in [-0.3, -0.25) is 4.79 Å². The second-order valence-electron chi connectivity index (χ2n) is 5.61. The molecule has 0 N–H and O–H groups in total. The summed E-state index contributed by atoms with van der Waals surface area (Å²) >= 11 is 7.26. The molecule has 0 bridgehead atoms. The zero-order valence-electron chi connectivity index (χ0n) is 12.8. The number of thioether (sulfide) groups is 1. The highest BCUT2D eigenvalue weighted by molar-refractivity contribution is 8.18. The van der Waals surface area contributed by atoms with Crippen LogP contribution in [0.2, 0.25) is 5.02 Å². The van der Waals surface area contributed by atoms with Gasteiger partial charge in [0.05, 0.1) is 22.1 Å². The number of hydrogen-bond donors (Lipinski definition) is 0. The van der Waals surface area contributed by atoms with E-state index < -0.39 is 5.82 Å². The minimum absolute atomic E-state index is 0.0752. The molecule has 0 radical (unpaired) electrons. The van der Waals surface area contributed by atoms with Crippen molar-refractivity contribution >= 4 is 40.5 Å². The number of rotatable bonds is 1. The zero-order chi connectivity index (χ0) is 16.6. The lowest BCUT2D eigenvalue weighted by atomic mass is 10.2. The number of benzene rings is 1. The molecule has 0 aromatic heterocycles. The molecule has 2 atom stereocenters. The van der Waals surface area contributed by atoms with Crippen LogP contribution in [0.1, 0.15) is 19.4 Å². The van der Waals surface area contributed by atoms with E-state index in [1.165, 1.54) is 30.0 Å². The molecule has 0 aliphatic carbocycles. The van der Waals surface area contributed by atoms with E-state index in [-0.39, 0.29) is 28.7 Å². The van der Waals surface area contributed by atoms with Crippen molar-refractivity contribution in [3.63, 3.8) is 0 Å². The molecule has 1 aromatic carbocycles. The number of carbonyl (C=O) groups excluding carboxylic acids is 1. The van der Waals surface area contributed by atoms with E-state index in [1.807, 2.05) is 18.7 Å². The maximum Gasteiger partial charge on any atom is 0.286 e. The molecule has 1 saturated heterocycles. The van der Waals surface area contributed by atoms with E-state index >= 15 is 0 Å². The second kappa shape index (κ2) is 6.63. The highest BCUT2D eigenvalue weighted by atomic mass is 35.5. The Morgan fingerprint density at radius 3 is 2.74 bits per heavy atom. The predicted octanol–water partition coefficient (Wildman–Crippen LogP) is 3.56. The number of amides is 1. The van der Waals surface area contributed by atoms with Crippen LogP contribution in [0, 0.1) is 5.82 Å². The number of carbonyl (C=O) groups is 1. The fourth-order valence-corrected chi connectivity index (χ4v) is 3.78. The van der Waals surface area contributed by atoms with Crippen LogP contribution >= 0.6 is 23.4 Å². The first kappa shape index (κ1) is 16.5. The molecule has 122 valence electrons. The summed E-state index contributed by atoms with van der Waals surface area (Å²) in [5.41, 5.74) is 0.213. The number of hydrogen-bond acceptors (Lipinski definition) is 4. The number of amidine groups is 1. The first-order chi connectivity index (χ1) is 10.9. The van der Waals surface area contributed by atoms with Crippen LogP contribution in [-0.2, 0) is 9.53 Å². The molecule has 3 rings (SSSR count). The number of nitrogens with zero attached hydrogens (tertiary/aromatic N) is 2. The molecule has 7 heteroatoms. The third kappa shape index (κ3) is 3.59. The molecule has 2 aliphatic heterocycles. The standard InChI is InChI=1S/C16H16ClFN2O2S/c1-9-7-20(8-10(2)22-9)16-19-15(21)14(23-16)6-11-12(17)4-3-5-13(11)18/h3-6,9-10H,7-8H2,1-2H3/b14-6-. The van der Waals surface area contributed by atoms with Gasteiger partial charge in [0.25, 0.3) is 5.91 Å². The quantitative estimate of drug-likeness (QED) is 0.723. The summed E-state index contributed by atoms with van der Waals surface area (Å²) in [6.45, 7) is 5.33. The monoisotopic (exact) mass is 354 g/mol. The minimum atomic E-state index is -0.458. The SMILES string of the molecule is CC1CN(C2=NC(=O)/C(=C/c3c(F)cccc3Cl)S2)CC(C)O1. The van der Waals surface area contributed by atoms with Crippen molar-refractivity contribution in [1.29, 1.82) is 0 Å². The summed E-state index contributed by atoms with van der Waals surface area (Å²) in [6.07, 6.45) is 1.62. The minimum Gasteiger partial charge on any atom is -0.372 e. The first-order valence-electron chi connectivity index (χ1n) is 7.31. The Balaban J connectivity index is 1.81. The Hall–Kier alpha value is -1.37. The Kier molecular flexibility index (Phi) is 4.75. The smallest absolute Gasteiger partial charge is 0.286 e. The van der Waals surface area contributed by atoms with Gasteiger partial charge < -0.3 is 9.64 Å². The van der Waals surface area contributed by atoms with Gasteiger partial charge in [0, 0.05) is 18.7 Å². The fourth-order valence-electron chi connectivity index (χ4n) is 2.65. The van der Waals surface area contributed by atoms with Crippen LogP contribution in [0.15, 0.2) is 28.1 Å². The van der Waals surface area contributed by atoms with Crippen LogP contribution in [0.5, 0.6) is 0 Å². The van der Waals surface area contributed by atoms with Crippen molar-refractivity contribution in [3.05, 3.63) is 39.5 Å². The van der Waals surface area contributed by atoms with Crippen LogP contribution in [0.25, 0.3) is 6.08 Å². The lowest BCUT2D eigenvalue weighted by Gasteiger charge is -2.35. The van der Waals surface area contributed by atoms with Gasteiger partial charge in [0.1, 0.15) is 5.82 Å². The lowest BCUT2D eigenvalue weighted by Crippen LogP contribution is -2.47. The van der Waals surface area contributed by atoms with Gasteiger partial charge in [-0.1, -0.05) is 17.7 Å². The topological polar surface area (TPSA) is 41.9 Å². The molecular formula is C16H16ClFN2O2S. The number of ether oxygens (including phenoxy) is 1. The number of morpholine rings is 1. The predicted molar refractivity (Wildman–Crippen MR) is 91.0 cm³/mol. The maximum absolute atomic E-state index is 13.9. The van der Waals surface area contributed by atoms with E-state index in [9.17, 15) is 9.18 Å². The zero-order valence-corrected chi connectivity index (χ0v) is 14.3. The number of aliphatic imine (C=N–C) groups is 1. The average molecular weight is 355 g/mol. The van der Waals surface area contributed by atoms with Crippen LogP contribution in [0.3, 0.4) is 0 Å². The van der Waals surface area contributed by atoms with Gasteiger partial charge in [-0.2, -0.15) is 4.99 Å². The van der Waals surface area contributed by atoms with E-state index in [1.54, 1.807) is 6.07 Å². The molecule has 0 saturated carbocycles. The lowest BCUT2D eigenvalue weighted by molar-refractivity contribution is -0.113. The summed E-state index contributed by atoms with van der Waals surface area (Å²) < 4.78 is 19.6. The van der Waals surface area contributed by atoms with Gasteiger partial charge in [-0.05, 0) is 43.8 Å². The fraction of sp³-hybridized carbons (Fsp3) is 0.375. The van der Waals surface area contributed by atoms with Crippen LogP contribution in [-0.4, -0.2) is 41.3 Å². The molecule has 23 heavy (non-hydrogen) atoms. The summed E-state index contributed by atoms with van der Waals surface area (Å²) in [7, 11) is 0. The third-order valence-corrected chi connectivity index (χ3v) is 4.95. The Bertz CT molecular complexity index is 677. The molecule has 2 unspecified atom stereocenters. The maximum atomic E-state index is 13.9. The average Bonchev–Trinajstić information content (AvgIpc) is 2.83. The molecule has 4 nitrogen and oxygen atoms in total. The van der Waals surface area contributed by atoms with Gasteiger partial charge in [0.2, 0.25) is 0 Å². The Morgan fingerprint density at radius 2 is 2.09 bits per heavy atom. The van der Waals surface area contributed by atoms with Gasteiger partial charge in [-0.15, -0.1) is 0 Å². The van der Waals surface area contributed by atoms with Crippen molar-refractivity contribution in [2.75, 3.05) is 13.1 Å². The molecule has 1 amide bonds. The summed E-state index contributed by atoms with van der Waals surface area (Å²) in [6, 6.07) is 4.44. The van der Waals surface area contributed by atoms with Crippen molar-refractivity contribution in [1.82, 2.24) is 4.90 Å². The van der Waals surface area contributed by atoms with Gasteiger partial charge in [-0.25, -0.2) is 4.39 Å². The Labute approximate surface area is 143 Å². The highest BCUT2D eigenvalue weighted by Gasteiger charge is 2.31.